The highest BCUT2D eigenvalue weighted by molar-refractivity contribution is 7.46. The molecule has 2 N–H and O–H groups in total. The molecule has 0 fully saturated rings. The molecule has 0 amide bonds. The standard InChI is InChI=1S/C47H81O8P/c1-3-5-7-9-11-13-15-17-19-21-23-25-27-29-31-33-35-37-39-41-46(48)53-43-45(44-54-56(50,51)52)55-47(49)42-40-38-36-34-32-30-28-26-24-22-20-18-16-14-12-10-8-6-4-2/h6,8,12,14,17-20,24,26,30,32,45H,3-5,7,9-11,13,15-16,21-23,25,27-29,31,33-44H2,1-2H3,(H2,50,51,52)/b8-6+,14-12+,19-17+,20-18+,26-24+,32-30+/t45-/m1/s1. The number of rotatable bonds is 40. The van der Waals surface area contributed by atoms with Crippen LogP contribution < -0.4 is 0 Å². The van der Waals surface area contributed by atoms with E-state index in [0.717, 1.165) is 70.6 Å². The summed E-state index contributed by atoms with van der Waals surface area (Å²) in [6.07, 6.45) is 54.8. The first-order chi connectivity index (χ1) is 27.3. The fraction of sp³-hybridized carbons (Fsp3) is 0.702. The Balaban J connectivity index is 3.97. The second-order valence-corrected chi connectivity index (χ2v) is 15.9. The molecule has 0 unspecified atom stereocenters. The van der Waals surface area contributed by atoms with Crippen LogP contribution in [0.4, 0.5) is 0 Å². The van der Waals surface area contributed by atoms with E-state index in [-0.39, 0.29) is 19.4 Å². The van der Waals surface area contributed by atoms with E-state index in [9.17, 15) is 14.2 Å². The lowest BCUT2D eigenvalue weighted by molar-refractivity contribution is -0.161. The highest BCUT2D eigenvalue weighted by atomic mass is 31.2. The van der Waals surface area contributed by atoms with Crippen molar-refractivity contribution in [1.29, 1.82) is 0 Å². The third kappa shape index (κ3) is 44.2. The fourth-order valence-corrected chi connectivity index (χ4v) is 6.28. The second-order valence-electron chi connectivity index (χ2n) is 14.6. The maximum atomic E-state index is 12.4. The van der Waals surface area contributed by atoms with Gasteiger partial charge in [0.05, 0.1) is 6.61 Å². The summed E-state index contributed by atoms with van der Waals surface area (Å²) in [7, 11) is -4.77. The highest BCUT2D eigenvalue weighted by Crippen LogP contribution is 2.36. The molecule has 56 heavy (non-hydrogen) atoms. The molecule has 0 saturated heterocycles. The molecule has 9 heteroatoms. The molecule has 0 heterocycles. The average molecular weight is 805 g/mol. The molecular formula is C47H81O8P. The first-order valence-corrected chi connectivity index (χ1v) is 23.8. The Morgan fingerprint density at radius 3 is 1.32 bits per heavy atom. The van der Waals surface area contributed by atoms with Crippen molar-refractivity contribution in [2.75, 3.05) is 13.2 Å². The van der Waals surface area contributed by atoms with Crippen molar-refractivity contribution in [2.45, 2.75) is 200 Å². The van der Waals surface area contributed by atoms with Crippen molar-refractivity contribution in [2.24, 2.45) is 0 Å². The predicted octanol–water partition coefficient (Wildman–Crippen LogP) is 13.9. The third-order valence-corrected chi connectivity index (χ3v) is 9.69. The minimum Gasteiger partial charge on any atom is -0.462 e. The Morgan fingerprint density at radius 1 is 0.482 bits per heavy atom. The van der Waals surface area contributed by atoms with Crippen molar-refractivity contribution >= 4 is 19.8 Å². The molecule has 0 saturated carbocycles. The number of unbranched alkanes of at least 4 members (excludes halogenated alkanes) is 18. The Bertz CT molecular complexity index is 1130. The Morgan fingerprint density at radius 2 is 0.857 bits per heavy atom. The Hall–Kier alpha value is -2.51. The topological polar surface area (TPSA) is 119 Å². The van der Waals surface area contributed by atoms with Gasteiger partial charge in [0.2, 0.25) is 0 Å². The molecular weight excluding hydrogens is 723 g/mol. The fourth-order valence-electron chi connectivity index (χ4n) is 5.92. The summed E-state index contributed by atoms with van der Waals surface area (Å²) in [6.45, 7) is 3.54. The number of carbonyl (C=O) groups is 2. The number of ether oxygens (including phenoxy) is 2. The molecule has 0 aromatic heterocycles. The zero-order chi connectivity index (χ0) is 41.1. The number of hydrogen-bond donors (Lipinski definition) is 2. The molecule has 0 aromatic carbocycles. The molecule has 0 radical (unpaired) electrons. The van der Waals surface area contributed by atoms with Crippen molar-refractivity contribution in [3.05, 3.63) is 72.9 Å². The van der Waals surface area contributed by atoms with E-state index >= 15 is 0 Å². The molecule has 0 aliphatic heterocycles. The van der Waals surface area contributed by atoms with Crippen molar-refractivity contribution in [1.82, 2.24) is 0 Å². The predicted molar refractivity (Wildman–Crippen MR) is 234 cm³/mol. The number of phosphoric acid groups is 1. The maximum absolute atomic E-state index is 12.4. The van der Waals surface area contributed by atoms with Crippen LogP contribution in [0.5, 0.6) is 0 Å². The normalized spacial score (nSPS) is 13.1. The minimum absolute atomic E-state index is 0.169. The van der Waals surface area contributed by atoms with Gasteiger partial charge in [-0.05, 0) is 83.5 Å². The van der Waals surface area contributed by atoms with Gasteiger partial charge in [-0.2, -0.15) is 0 Å². The summed E-state index contributed by atoms with van der Waals surface area (Å²) < 4.78 is 26.4. The largest absolute Gasteiger partial charge is 0.469 e. The quantitative estimate of drug-likeness (QED) is 0.0272. The second kappa shape index (κ2) is 42.1. The minimum atomic E-state index is -4.77. The molecule has 0 rings (SSSR count). The van der Waals surface area contributed by atoms with E-state index in [4.69, 9.17) is 19.3 Å². The molecule has 0 bridgehead atoms. The first kappa shape index (κ1) is 53.5. The summed E-state index contributed by atoms with van der Waals surface area (Å²) in [5, 5.41) is 0. The van der Waals surface area contributed by atoms with E-state index < -0.39 is 32.5 Å². The summed E-state index contributed by atoms with van der Waals surface area (Å²) in [5.41, 5.74) is 0. The van der Waals surface area contributed by atoms with Gasteiger partial charge in [0.15, 0.2) is 6.10 Å². The van der Waals surface area contributed by atoms with Crippen LogP contribution in [0, 0.1) is 0 Å². The molecule has 322 valence electrons. The van der Waals surface area contributed by atoms with Gasteiger partial charge in [0, 0.05) is 12.8 Å². The van der Waals surface area contributed by atoms with Gasteiger partial charge in [0.1, 0.15) is 6.61 Å². The number of carbonyl (C=O) groups excluding carboxylic acids is 2. The van der Waals surface area contributed by atoms with Gasteiger partial charge in [-0.25, -0.2) is 4.57 Å². The first-order valence-electron chi connectivity index (χ1n) is 22.2. The van der Waals surface area contributed by atoms with Crippen LogP contribution in [0.2, 0.25) is 0 Å². The lowest BCUT2D eigenvalue weighted by Gasteiger charge is -2.18. The molecule has 8 nitrogen and oxygen atoms in total. The molecule has 0 aromatic rings. The number of allylic oxidation sites excluding steroid dienone is 12. The number of hydrogen-bond acceptors (Lipinski definition) is 6. The lowest BCUT2D eigenvalue weighted by atomic mass is 10.1. The van der Waals surface area contributed by atoms with Crippen LogP contribution in [-0.4, -0.2) is 41.0 Å². The molecule has 1 atom stereocenters. The maximum Gasteiger partial charge on any atom is 0.469 e. The molecule has 0 aliphatic carbocycles. The van der Waals surface area contributed by atoms with E-state index in [0.29, 0.717) is 12.8 Å². The van der Waals surface area contributed by atoms with Crippen LogP contribution in [0.1, 0.15) is 194 Å². The molecule has 0 spiro atoms. The Kier molecular flexibility index (Phi) is 40.2. The van der Waals surface area contributed by atoms with E-state index in [1.807, 2.05) is 0 Å². The van der Waals surface area contributed by atoms with Crippen LogP contribution in [0.3, 0.4) is 0 Å². The summed E-state index contributed by atoms with van der Waals surface area (Å²) >= 11 is 0. The van der Waals surface area contributed by atoms with Crippen molar-refractivity contribution in [3.63, 3.8) is 0 Å². The Labute approximate surface area is 342 Å². The van der Waals surface area contributed by atoms with Gasteiger partial charge in [-0.3, -0.25) is 14.1 Å². The third-order valence-electron chi connectivity index (χ3n) is 9.21. The zero-order valence-corrected chi connectivity index (χ0v) is 36.4. The molecule has 0 aliphatic rings. The van der Waals surface area contributed by atoms with Crippen molar-refractivity contribution < 1.29 is 37.9 Å². The van der Waals surface area contributed by atoms with Crippen LogP contribution in [0.15, 0.2) is 72.9 Å². The van der Waals surface area contributed by atoms with Crippen LogP contribution >= 0.6 is 7.82 Å². The number of phosphoric ester groups is 1. The average Bonchev–Trinajstić information content (AvgIpc) is 3.17. The van der Waals surface area contributed by atoms with Crippen LogP contribution in [-0.2, 0) is 28.2 Å². The van der Waals surface area contributed by atoms with Gasteiger partial charge in [-0.15, -0.1) is 0 Å². The summed E-state index contributed by atoms with van der Waals surface area (Å²) in [4.78, 5) is 42.9. The monoisotopic (exact) mass is 805 g/mol. The summed E-state index contributed by atoms with van der Waals surface area (Å²) in [5.74, 6) is -0.927. The lowest BCUT2D eigenvalue weighted by Crippen LogP contribution is -2.29. The van der Waals surface area contributed by atoms with Gasteiger partial charge < -0.3 is 19.3 Å². The highest BCUT2D eigenvalue weighted by Gasteiger charge is 2.22. The van der Waals surface area contributed by atoms with E-state index in [1.54, 1.807) is 0 Å². The van der Waals surface area contributed by atoms with E-state index in [1.165, 1.54) is 83.5 Å². The van der Waals surface area contributed by atoms with E-state index in [2.05, 4.69) is 91.3 Å². The van der Waals surface area contributed by atoms with Crippen molar-refractivity contribution in [3.8, 4) is 0 Å². The van der Waals surface area contributed by atoms with Gasteiger partial charge >= 0.3 is 19.8 Å². The smallest absolute Gasteiger partial charge is 0.462 e. The summed E-state index contributed by atoms with van der Waals surface area (Å²) in [6, 6.07) is 0. The SMILES string of the molecule is CC/C=C/C/C=C/C/C=C/C/C=C/C/C=C/CCCCCC(=O)O[C@H](COC(=O)CCCCCCCCCCC/C=C/CCCCCCCC)COP(=O)(O)O. The van der Waals surface area contributed by atoms with Gasteiger partial charge in [0.25, 0.3) is 0 Å². The zero-order valence-electron chi connectivity index (χ0n) is 35.5. The number of esters is 2. The van der Waals surface area contributed by atoms with Crippen LogP contribution in [0.25, 0.3) is 0 Å². The van der Waals surface area contributed by atoms with Gasteiger partial charge in [-0.1, -0.05) is 170 Å².